The van der Waals surface area contributed by atoms with E-state index in [9.17, 15) is 0 Å². The zero-order valence-electron chi connectivity index (χ0n) is 10.8. The van der Waals surface area contributed by atoms with Crippen LogP contribution >= 0.6 is 0 Å². The standard InChI is InChI=1S/C14H21NO2/c1-10(9-16)15-8-11-4-5-13-12(6-11)7-14(2,3)17-13/h4-6,10,15-16H,7-9H2,1-3H3. The van der Waals surface area contributed by atoms with Gasteiger partial charge in [0.05, 0.1) is 6.61 Å². The summed E-state index contributed by atoms with van der Waals surface area (Å²) in [7, 11) is 0. The lowest BCUT2D eigenvalue weighted by molar-refractivity contribution is 0.138. The summed E-state index contributed by atoms with van der Waals surface area (Å²) in [5.41, 5.74) is 2.45. The Bertz CT molecular complexity index is 401. The van der Waals surface area contributed by atoms with E-state index in [1.807, 2.05) is 13.0 Å². The van der Waals surface area contributed by atoms with Crippen molar-refractivity contribution in [2.45, 2.75) is 45.4 Å². The van der Waals surface area contributed by atoms with Crippen molar-refractivity contribution >= 4 is 0 Å². The van der Waals surface area contributed by atoms with Crippen LogP contribution in [0.15, 0.2) is 18.2 Å². The maximum absolute atomic E-state index is 8.95. The number of hydrogen-bond acceptors (Lipinski definition) is 3. The van der Waals surface area contributed by atoms with E-state index in [4.69, 9.17) is 9.84 Å². The second kappa shape index (κ2) is 4.67. The van der Waals surface area contributed by atoms with Crippen molar-refractivity contribution in [3.8, 4) is 5.75 Å². The maximum Gasteiger partial charge on any atom is 0.123 e. The summed E-state index contributed by atoms with van der Waals surface area (Å²) in [6.07, 6.45) is 0.964. The van der Waals surface area contributed by atoms with Crippen LogP contribution < -0.4 is 10.1 Å². The third-order valence-electron chi connectivity index (χ3n) is 3.06. The fourth-order valence-corrected chi connectivity index (χ4v) is 2.13. The molecular formula is C14H21NO2. The summed E-state index contributed by atoms with van der Waals surface area (Å²) in [6, 6.07) is 6.46. The van der Waals surface area contributed by atoms with E-state index in [0.29, 0.717) is 0 Å². The number of aliphatic hydroxyl groups excluding tert-OH is 1. The molecule has 17 heavy (non-hydrogen) atoms. The number of rotatable bonds is 4. The van der Waals surface area contributed by atoms with Crippen molar-refractivity contribution in [2.24, 2.45) is 0 Å². The van der Waals surface area contributed by atoms with Gasteiger partial charge in [0, 0.05) is 19.0 Å². The number of aliphatic hydroxyl groups is 1. The first-order chi connectivity index (χ1) is 8.00. The van der Waals surface area contributed by atoms with Gasteiger partial charge in [0.25, 0.3) is 0 Å². The monoisotopic (exact) mass is 235 g/mol. The maximum atomic E-state index is 8.95. The van der Waals surface area contributed by atoms with E-state index in [1.165, 1.54) is 11.1 Å². The SMILES string of the molecule is CC(CO)NCc1ccc2c(c1)CC(C)(C)O2. The molecule has 0 bridgehead atoms. The normalized spacial score (nSPS) is 18.6. The minimum Gasteiger partial charge on any atom is -0.487 e. The summed E-state index contributed by atoms with van der Waals surface area (Å²) in [5, 5.41) is 12.2. The van der Waals surface area contributed by atoms with Crippen molar-refractivity contribution in [3.63, 3.8) is 0 Å². The van der Waals surface area contributed by atoms with Gasteiger partial charge in [-0.15, -0.1) is 0 Å². The van der Waals surface area contributed by atoms with Gasteiger partial charge in [-0.3, -0.25) is 0 Å². The topological polar surface area (TPSA) is 41.5 Å². The lowest BCUT2D eigenvalue weighted by Gasteiger charge is -2.16. The molecule has 0 spiro atoms. The Kier molecular flexibility index (Phi) is 3.40. The molecule has 0 fully saturated rings. The Labute approximate surface area is 103 Å². The van der Waals surface area contributed by atoms with Crippen LogP contribution in [0.4, 0.5) is 0 Å². The van der Waals surface area contributed by atoms with Crippen LogP contribution in [0.2, 0.25) is 0 Å². The van der Waals surface area contributed by atoms with Crippen molar-refractivity contribution in [1.82, 2.24) is 5.32 Å². The average Bonchev–Trinajstić information content (AvgIpc) is 2.58. The second-order valence-electron chi connectivity index (χ2n) is 5.45. The zero-order chi connectivity index (χ0) is 12.5. The van der Waals surface area contributed by atoms with E-state index in [-0.39, 0.29) is 18.2 Å². The Hall–Kier alpha value is -1.06. The number of ether oxygens (including phenoxy) is 1. The van der Waals surface area contributed by atoms with Gasteiger partial charge in [-0.05, 0) is 38.0 Å². The minimum atomic E-state index is -0.0766. The highest BCUT2D eigenvalue weighted by Gasteiger charge is 2.29. The van der Waals surface area contributed by atoms with Gasteiger partial charge in [0.15, 0.2) is 0 Å². The number of hydrogen-bond donors (Lipinski definition) is 2. The number of fused-ring (bicyclic) bond motifs is 1. The molecule has 0 saturated heterocycles. The molecule has 0 saturated carbocycles. The van der Waals surface area contributed by atoms with Crippen LogP contribution in [0.3, 0.4) is 0 Å². The molecule has 1 aromatic carbocycles. The van der Waals surface area contributed by atoms with Crippen molar-refractivity contribution < 1.29 is 9.84 Å². The Balaban J connectivity index is 2.04. The van der Waals surface area contributed by atoms with Gasteiger partial charge in [0.1, 0.15) is 11.4 Å². The molecule has 3 nitrogen and oxygen atoms in total. The van der Waals surface area contributed by atoms with E-state index in [1.54, 1.807) is 0 Å². The fourth-order valence-electron chi connectivity index (χ4n) is 2.13. The summed E-state index contributed by atoms with van der Waals surface area (Å²) in [4.78, 5) is 0. The predicted molar refractivity (Wildman–Crippen MR) is 68.2 cm³/mol. The molecule has 0 amide bonds. The van der Waals surface area contributed by atoms with Gasteiger partial charge >= 0.3 is 0 Å². The number of benzene rings is 1. The summed E-state index contributed by atoms with van der Waals surface area (Å²) in [5.74, 6) is 1.01. The molecule has 1 aromatic rings. The molecule has 3 heteroatoms. The van der Waals surface area contributed by atoms with Crippen molar-refractivity contribution in [1.29, 1.82) is 0 Å². The van der Waals surface area contributed by atoms with Crippen LogP contribution in [-0.4, -0.2) is 23.4 Å². The van der Waals surface area contributed by atoms with Crippen LogP contribution in [0.5, 0.6) is 5.75 Å². The van der Waals surface area contributed by atoms with E-state index >= 15 is 0 Å². The third kappa shape index (κ3) is 2.99. The Morgan fingerprint density at radius 3 is 2.94 bits per heavy atom. The molecule has 1 unspecified atom stereocenters. The highest BCUT2D eigenvalue weighted by Crippen LogP contribution is 2.35. The van der Waals surface area contributed by atoms with Crippen LogP contribution in [0.1, 0.15) is 31.9 Å². The lowest BCUT2D eigenvalue weighted by atomic mass is 10.0. The van der Waals surface area contributed by atoms with Crippen LogP contribution in [-0.2, 0) is 13.0 Å². The predicted octanol–water partition coefficient (Wildman–Crippen LogP) is 1.87. The largest absolute Gasteiger partial charge is 0.487 e. The first-order valence-corrected chi connectivity index (χ1v) is 6.15. The molecule has 0 aliphatic carbocycles. The minimum absolute atomic E-state index is 0.0766. The molecule has 0 aromatic heterocycles. The van der Waals surface area contributed by atoms with Gasteiger partial charge in [-0.2, -0.15) is 0 Å². The quantitative estimate of drug-likeness (QED) is 0.837. The van der Waals surface area contributed by atoms with Gasteiger partial charge in [-0.1, -0.05) is 12.1 Å². The average molecular weight is 235 g/mol. The number of nitrogens with one attached hydrogen (secondary N) is 1. The van der Waals surface area contributed by atoms with Gasteiger partial charge in [0.2, 0.25) is 0 Å². The molecule has 1 atom stereocenters. The summed E-state index contributed by atoms with van der Waals surface area (Å²) < 4.78 is 5.84. The first-order valence-electron chi connectivity index (χ1n) is 6.15. The van der Waals surface area contributed by atoms with Crippen molar-refractivity contribution in [3.05, 3.63) is 29.3 Å². The van der Waals surface area contributed by atoms with E-state index in [2.05, 4.69) is 31.3 Å². The zero-order valence-corrected chi connectivity index (χ0v) is 10.8. The van der Waals surface area contributed by atoms with E-state index < -0.39 is 0 Å². The highest BCUT2D eigenvalue weighted by molar-refractivity contribution is 5.41. The second-order valence-corrected chi connectivity index (χ2v) is 5.45. The third-order valence-corrected chi connectivity index (χ3v) is 3.06. The van der Waals surface area contributed by atoms with Crippen LogP contribution in [0.25, 0.3) is 0 Å². The fraction of sp³-hybridized carbons (Fsp3) is 0.571. The Morgan fingerprint density at radius 2 is 2.24 bits per heavy atom. The van der Waals surface area contributed by atoms with Crippen LogP contribution in [0, 0.1) is 0 Å². The molecule has 94 valence electrons. The van der Waals surface area contributed by atoms with Gasteiger partial charge in [-0.25, -0.2) is 0 Å². The molecule has 0 radical (unpaired) electrons. The molecular weight excluding hydrogens is 214 g/mol. The smallest absolute Gasteiger partial charge is 0.123 e. The lowest BCUT2D eigenvalue weighted by Crippen LogP contribution is -2.28. The molecule has 1 aliphatic rings. The Morgan fingerprint density at radius 1 is 1.47 bits per heavy atom. The molecule has 1 aliphatic heterocycles. The van der Waals surface area contributed by atoms with Gasteiger partial charge < -0.3 is 15.2 Å². The van der Waals surface area contributed by atoms with E-state index in [0.717, 1.165) is 18.7 Å². The molecule has 2 rings (SSSR count). The highest BCUT2D eigenvalue weighted by atomic mass is 16.5. The summed E-state index contributed by atoms with van der Waals surface area (Å²) in [6.45, 7) is 7.15. The summed E-state index contributed by atoms with van der Waals surface area (Å²) >= 11 is 0. The first kappa shape index (κ1) is 12.4. The molecule has 2 N–H and O–H groups in total. The molecule has 1 heterocycles. The van der Waals surface area contributed by atoms with Crippen molar-refractivity contribution in [2.75, 3.05) is 6.61 Å².